The Hall–Kier alpha value is -3.80. The largest absolute Gasteiger partial charge is 0.497 e. The average molecular weight is 373 g/mol. The van der Waals surface area contributed by atoms with Gasteiger partial charge in [0, 0.05) is 5.56 Å². The van der Waals surface area contributed by atoms with Crippen molar-refractivity contribution in [2.45, 2.75) is 6.61 Å². The Morgan fingerprint density at radius 2 is 1.57 bits per heavy atom. The van der Waals surface area contributed by atoms with Gasteiger partial charge in [-0.1, -0.05) is 30.3 Å². The fraction of sp³-hybridized carbons (Fsp3) is 0.0909. The zero-order valence-electron chi connectivity index (χ0n) is 15.3. The molecule has 28 heavy (non-hydrogen) atoms. The van der Waals surface area contributed by atoms with E-state index < -0.39 is 5.69 Å². The van der Waals surface area contributed by atoms with Crippen LogP contribution in [0.1, 0.15) is 5.56 Å². The second kappa shape index (κ2) is 7.84. The van der Waals surface area contributed by atoms with Gasteiger partial charge in [-0.25, -0.2) is 14.6 Å². The zero-order chi connectivity index (χ0) is 19.3. The number of nitrogens with zero attached hydrogens (tertiary/aromatic N) is 2. The molecule has 0 unspecified atom stereocenters. The van der Waals surface area contributed by atoms with Crippen LogP contribution in [-0.2, 0) is 6.61 Å². The smallest absolute Gasteiger partial charge is 0.362 e. The van der Waals surface area contributed by atoms with Crippen LogP contribution in [-0.4, -0.2) is 21.9 Å². The second-order valence-corrected chi connectivity index (χ2v) is 6.18. The third kappa shape index (κ3) is 3.81. The van der Waals surface area contributed by atoms with Crippen molar-refractivity contribution >= 4 is 0 Å². The molecule has 0 saturated heterocycles. The molecule has 0 saturated carbocycles. The summed E-state index contributed by atoms with van der Waals surface area (Å²) in [6.45, 7) is 0.499. The first kappa shape index (κ1) is 17.6. The Bertz CT molecular complexity index is 1100. The van der Waals surface area contributed by atoms with Crippen molar-refractivity contribution in [2.75, 3.05) is 7.11 Å². The van der Waals surface area contributed by atoms with Crippen molar-refractivity contribution in [2.24, 2.45) is 0 Å². The lowest BCUT2D eigenvalue weighted by atomic mass is 10.2. The summed E-state index contributed by atoms with van der Waals surface area (Å²) in [4.78, 5) is 16.0. The Balaban J connectivity index is 1.56. The minimum Gasteiger partial charge on any atom is -0.497 e. The van der Waals surface area contributed by atoms with Gasteiger partial charge < -0.3 is 9.47 Å². The van der Waals surface area contributed by atoms with Crippen molar-refractivity contribution in [1.82, 2.24) is 14.8 Å². The maximum atomic E-state index is 11.9. The minimum atomic E-state index is -0.407. The highest BCUT2D eigenvalue weighted by Crippen LogP contribution is 2.23. The first-order valence-corrected chi connectivity index (χ1v) is 8.83. The maximum Gasteiger partial charge on any atom is 0.362 e. The van der Waals surface area contributed by atoms with Crippen molar-refractivity contribution in [1.29, 1.82) is 0 Å². The third-order valence-electron chi connectivity index (χ3n) is 4.32. The number of aromatic nitrogens is 3. The summed E-state index contributed by atoms with van der Waals surface area (Å²) in [7, 11) is 1.61. The number of nitrogens with one attached hydrogen (secondary N) is 1. The summed E-state index contributed by atoms with van der Waals surface area (Å²) in [5, 5.41) is 2.74. The van der Waals surface area contributed by atoms with Crippen LogP contribution in [0.15, 0.2) is 83.7 Å². The van der Waals surface area contributed by atoms with Crippen LogP contribution in [0.4, 0.5) is 0 Å². The topological polar surface area (TPSA) is 69.1 Å². The van der Waals surface area contributed by atoms with E-state index in [1.54, 1.807) is 11.8 Å². The maximum absolute atomic E-state index is 11.9. The fourth-order valence-corrected chi connectivity index (χ4v) is 2.87. The number of ether oxygens (including phenoxy) is 2. The number of rotatable bonds is 6. The third-order valence-corrected chi connectivity index (χ3v) is 4.32. The number of H-pyrrole nitrogens is 1. The van der Waals surface area contributed by atoms with Gasteiger partial charge in [0.1, 0.15) is 18.1 Å². The van der Waals surface area contributed by atoms with Crippen LogP contribution in [0, 0.1) is 0 Å². The molecule has 4 aromatic rings. The molecule has 0 fully saturated rings. The predicted octanol–water partition coefficient (Wildman–Crippen LogP) is 3.82. The number of benzene rings is 3. The highest BCUT2D eigenvalue weighted by atomic mass is 16.5. The van der Waals surface area contributed by atoms with Gasteiger partial charge in [-0.05, 0) is 54.1 Å². The molecule has 0 aliphatic carbocycles. The number of methoxy groups -OCH3 is 1. The molecule has 0 aliphatic rings. The van der Waals surface area contributed by atoms with Crippen molar-refractivity contribution in [3.8, 4) is 28.6 Å². The molecule has 0 aliphatic heterocycles. The second-order valence-electron chi connectivity index (χ2n) is 6.18. The van der Waals surface area contributed by atoms with Crippen LogP contribution in [0.5, 0.6) is 11.5 Å². The van der Waals surface area contributed by atoms with E-state index in [0.29, 0.717) is 12.4 Å². The molecule has 0 spiro atoms. The summed E-state index contributed by atoms with van der Waals surface area (Å²) in [6, 6.07) is 24.9. The molecular formula is C22H19N3O3. The van der Waals surface area contributed by atoms with E-state index in [-0.39, 0.29) is 0 Å². The van der Waals surface area contributed by atoms with Gasteiger partial charge in [-0.2, -0.15) is 4.98 Å². The summed E-state index contributed by atoms with van der Waals surface area (Å²) in [6.07, 6.45) is 0. The van der Waals surface area contributed by atoms with E-state index in [2.05, 4.69) is 10.1 Å². The van der Waals surface area contributed by atoms with Crippen molar-refractivity contribution < 1.29 is 9.47 Å². The summed E-state index contributed by atoms with van der Waals surface area (Å²) in [5.41, 5.74) is 2.29. The molecule has 0 atom stereocenters. The van der Waals surface area contributed by atoms with Gasteiger partial charge in [0.25, 0.3) is 0 Å². The van der Waals surface area contributed by atoms with Crippen LogP contribution in [0.2, 0.25) is 0 Å². The fourth-order valence-electron chi connectivity index (χ4n) is 2.87. The average Bonchev–Trinajstić information content (AvgIpc) is 3.15. The van der Waals surface area contributed by atoms with Crippen LogP contribution >= 0.6 is 0 Å². The lowest BCUT2D eigenvalue weighted by Gasteiger charge is -2.09. The lowest BCUT2D eigenvalue weighted by Crippen LogP contribution is -2.05. The number of hydrogen-bond donors (Lipinski definition) is 1. The molecule has 3 aromatic carbocycles. The Labute approximate surface area is 162 Å². The van der Waals surface area contributed by atoms with Gasteiger partial charge >= 0.3 is 5.69 Å². The summed E-state index contributed by atoms with van der Waals surface area (Å²) < 4.78 is 12.7. The molecule has 0 radical (unpaired) electrons. The molecular weight excluding hydrogens is 354 g/mol. The molecule has 1 heterocycles. The zero-order valence-corrected chi connectivity index (χ0v) is 15.3. The van der Waals surface area contributed by atoms with Gasteiger partial charge in [-0.3, -0.25) is 0 Å². The monoisotopic (exact) mass is 373 g/mol. The molecule has 1 aromatic heterocycles. The standard InChI is InChI=1S/C22H19N3O3/c1-27-19-13-9-18(10-14-19)25-21(23-22(26)24-25)17-7-11-20(12-8-17)28-15-16-5-3-2-4-6-16/h2-14H,15H2,1H3,(H,24,26). The summed E-state index contributed by atoms with van der Waals surface area (Å²) >= 11 is 0. The van der Waals surface area contributed by atoms with Gasteiger partial charge in [0.05, 0.1) is 12.8 Å². The Morgan fingerprint density at radius 3 is 2.25 bits per heavy atom. The first-order valence-electron chi connectivity index (χ1n) is 8.83. The van der Waals surface area contributed by atoms with Gasteiger partial charge in [0.2, 0.25) is 0 Å². The van der Waals surface area contributed by atoms with E-state index in [1.807, 2.05) is 78.9 Å². The Kier molecular flexibility index (Phi) is 4.93. The molecule has 6 nitrogen and oxygen atoms in total. The Morgan fingerprint density at radius 1 is 0.893 bits per heavy atom. The van der Waals surface area contributed by atoms with Crippen LogP contribution in [0.3, 0.4) is 0 Å². The lowest BCUT2D eigenvalue weighted by molar-refractivity contribution is 0.306. The van der Waals surface area contributed by atoms with Gasteiger partial charge in [0.15, 0.2) is 5.82 Å². The van der Waals surface area contributed by atoms with Gasteiger partial charge in [-0.15, -0.1) is 0 Å². The van der Waals surface area contributed by atoms with E-state index in [4.69, 9.17) is 9.47 Å². The SMILES string of the molecule is COc1ccc(-n2[nH]c(=O)nc2-c2ccc(OCc3ccccc3)cc2)cc1. The minimum absolute atomic E-state index is 0.407. The van der Waals surface area contributed by atoms with E-state index in [0.717, 1.165) is 28.3 Å². The molecule has 1 N–H and O–H groups in total. The molecule has 0 bridgehead atoms. The van der Waals surface area contributed by atoms with Crippen molar-refractivity contribution in [3.05, 3.63) is 94.9 Å². The van der Waals surface area contributed by atoms with E-state index >= 15 is 0 Å². The predicted molar refractivity (Wildman–Crippen MR) is 107 cm³/mol. The molecule has 4 rings (SSSR count). The highest BCUT2D eigenvalue weighted by molar-refractivity contribution is 5.59. The number of aromatic amines is 1. The normalized spacial score (nSPS) is 10.6. The highest BCUT2D eigenvalue weighted by Gasteiger charge is 2.11. The first-order chi connectivity index (χ1) is 13.7. The van der Waals surface area contributed by atoms with Crippen molar-refractivity contribution in [3.63, 3.8) is 0 Å². The van der Waals surface area contributed by atoms with E-state index in [1.165, 1.54) is 0 Å². The van der Waals surface area contributed by atoms with Crippen LogP contribution in [0.25, 0.3) is 17.1 Å². The number of hydrogen-bond acceptors (Lipinski definition) is 4. The quantitative estimate of drug-likeness (QED) is 0.558. The van der Waals surface area contributed by atoms with E-state index in [9.17, 15) is 4.79 Å². The molecule has 6 heteroatoms. The molecule has 140 valence electrons. The molecule has 0 amide bonds. The van der Waals surface area contributed by atoms with Crippen LogP contribution < -0.4 is 15.2 Å². The summed E-state index contributed by atoms with van der Waals surface area (Å²) in [5.74, 6) is 2.03.